The van der Waals surface area contributed by atoms with Crippen LogP contribution in [0.1, 0.15) is 35.9 Å². The lowest BCUT2D eigenvalue weighted by atomic mass is 9.98. The van der Waals surface area contributed by atoms with Crippen molar-refractivity contribution in [3.63, 3.8) is 0 Å². The minimum atomic E-state index is 0.301. The molecule has 1 aliphatic rings. The van der Waals surface area contributed by atoms with Crippen molar-refractivity contribution in [1.29, 1.82) is 0 Å². The van der Waals surface area contributed by atoms with Gasteiger partial charge in [-0.25, -0.2) is 4.98 Å². The molecule has 1 aliphatic carbocycles. The number of nitrogens with one attached hydrogen (secondary N) is 1. The third kappa shape index (κ3) is 4.57. The van der Waals surface area contributed by atoms with Gasteiger partial charge in [-0.15, -0.1) is 11.3 Å². The molecule has 0 fully saturated rings. The molecule has 0 bridgehead atoms. The average Bonchev–Trinajstić information content (AvgIpc) is 3.04. The van der Waals surface area contributed by atoms with Gasteiger partial charge in [-0.1, -0.05) is 30.3 Å². The molecule has 0 aliphatic heterocycles. The van der Waals surface area contributed by atoms with E-state index in [9.17, 15) is 0 Å². The highest BCUT2D eigenvalue weighted by Crippen LogP contribution is 2.37. The van der Waals surface area contributed by atoms with Crippen molar-refractivity contribution in [3.8, 4) is 10.6 Å². The van der Waals surface area contributed by atoms with E-state index >= 15 is 0 Å². The number of rotatable bonds is 8. The van der Waals surface area contributed by atoms with E-state index in [4.69, 9.17) is 10.1 Å². The van der Waals surface area contributed by atoms with Gasteiger partial charge in [0.1, 0.15) is 5.01 Å². The number of hydrogen-bond acceptors (Lipinski definition) is 5. The zero-order valence-corrected chi connectivity index (χ0v) is 15.0. The average molecular weight is 349 g/mol. The van der Waals surface area contributed by atoms with Gasteiger partial charge in [-0.05, 0) is 31.4 Å². The predicted octanol–water partition coefficient (Wildman–Crippen LogP) is 3.89. The van der Waals surface area contributed by atoms with Crippen molar-refractivity contribution in [2.75, 3.05) is 24.7 Å². The summed E-state index contributed by atoms with van der Waals surface area (Å²) in [7, 11) is 0. The van der Waals surface area contributed by atoms with E-state index < -0.39 is 0 Å². The fraction of sp³-hybridized carbons (Fsp3) is 0.500. The highest BCUT2D eigenvalue weighted by molar-refractivity contribution is 7.99. The van der Waals surface area contributed by atoms with E-state index in [1.165, 1.54) is 29.0 Å². The van der Waals surface area contributed by atoms with E-state index in [2.05, 4.69) is 35.6 Å². The number of hydrogen-bond donors (Lipinski definition) is 2. The van der Waals surface area contributed by atoms with Gasteiger partial charge < -0.3 is 10.4 Å². The number of thiazole rings is 1. The topological polar surface area (TPSA) is 45.1 Å². The molecule has 0 amide bonds. The van der Waals surface area contributed by atoms with Crippen LogP contribution in [0.15, 0.2) is 30.3 Å². The Labute approximate surface area is 146 Å². The number of nitrogens with zero attached hydrogens (tertiary/aromatic N) is 1. The number of aliphatic hydroxyl groups excluding tert-OH is 1. The zero-order valence-electron chi connectivity index (χ0n) is 13.3. The molecule has 5 heteroatoms. The molecule has 0 saturated carbocycles. The van der Waals surface area contributed by atoms with Crippen LogP contribution in [0.5, 0.6) is 0 Å². The van der Waals surface area contributed by atoms with E-state index in [1.807, 2.05) is 23.1 Å². The minimum absolute atomic E-state index is 0.301. The quantitative estimate of drug-likeness (QED) is 0.710. The SMILES string of the molecule is OCCCSCCNC1CCCc2nc(-c3ccccc3)sc21. The van der Waals surface area contributed by atoms with Gasteiger partial charge in [0.15, 0.2) is 0 Å². The van der Waals surface area contributed by atoms with Crippen LogP contribution in [0.3, 0.4) is 0 Å². The maximum absolute atomic E-state index is 8.80. The Balaban J connectivity index is 1.60. The highest BCUT2D eigenvalue weighted by atomic mass is 32.2. The summed E-state index contributed by atoms with van der Waals surface area (Å²) in [4.78, 5) is 6.33. The summed E-state index contributed by atoms with van der Waals surface area (Å²) in [5.41, 5.74) is 2.52. The van der Waals surface area contributed by atoms with Gasteiger partial charge in [0.2, 0.25) is 0 Å². The largest absolute Gasteiger partial charge is 0.396 e. The van der Waals surface area contributed by atoms with E-state index in [-0.39, 0.29) is 0 Å². The molecular formula is C18H24N2OS2. The van der Waals surface area contributed by atoms with Crippen molar-refractivity contribution in [2.24, 2.45) is 0 Å². The second-order valence-corrected chi connectivity index (χ2v) is 8.04. The summed E-state index contributed by atoms with van der Waals surface area (Å²) in [5, 5.41) is 13.7. The van der Waals surface area contributed by atoms with Gasteiger partial charge in [-0.2, -0.15) is 11.8 Å². The van der Waals surface area contributed by atoms with Crippen molar-refractivity contribution in [3.05, 3.63) is 40.9 Å². The Bertz CT molecular complexity index is 600. The molecule has 3 nitrogen and oxygen atoms in total. The molecule has 0 saturated heterocycles. The Morgan fingerprint density at radius 3 is 2.96 bits per heavy atom. The lowest BCUT2D eigenvalue weighted by Crippen LogP contribution is -2.26. The van der Waals surface area contributed by atoms with E-state index in [0.717, 1.165) is 35.9 Å². The number of aromatic nitrogens is 1. The van der Waals surface area contributed by atoms with Gasteiger partial charge in [0.05, 0.1) is 5.69 Å². The second kappa shape index (κ2) is 8.83. The van der Waals surface area contributed by atoms with Gasteiger partial charge >= 0.3 is 0 Å². The smallest absolute Gasteiger partial charge is 0.123 e. The number of thioether (sulfide) groups is 1. The van der Waals surface area contributed by atoms with Gasteiger partial charge in [-0.3, -0.25) is 0 Å². The number of aryl methyl sites for hydroxylation is 1. The summed E-state index contributed by atoms with van der Waals surface area (Å²) in [6, 6.07) is 11.0. The van der Waals surface area contributed by atoms with Crippen LogP contribution >= 0.6 is 23.1 Å². The van der Waals surface area contributed by atoms with Crippen LogP contribution in [0.25, 0.3) is 10.6 Å². The third-order valence-electron chi connectivity index (χ3n) is 4.06. The second-order valence-electron chi connectivity index (χ2n) is 5.78. The Morgan fingerprint density at radius 2 is 2.13 bits per heavy atom. The fourth-order valence-electron chi connectivity index (χ4n) is 2.89. The summed E-state index contributed by atoms with van der Waals surface area (Å²) in [6.45, 7) is 1.33. The maximum atomic E-state index is 8.80. The van der Waals surface area contributed by atoms with Crippen molar-refractivity contribution in [1.82, 2.24) is 10.3 Å². The Hall–Kier alpha value is -0.880. The van der Waals surface area contributed by atoms with Crippen LogP contribution in [0.4, 0.5) is 0 Å². The molecule has 1 aromatic heterocycles. The molecule has 3 rings (SSSR count). The van der Waals surface area contributed by atoms with Crippen LogP contribution in [0, 0.1) is 0 Å². The minimum Gasteiger partial charge on any atom is -0.396 e. The zero-order chi connectivity index (χ0) is 15.9. The Morgan fingerprint density at radius 1 is 1.26 bits per heavy atom. The van der Waals surface area contributed by atoms with Crippen LogP contribution < -0.4 is 5.32 Å². The third-order valence-corrected chi connectivity index (χ3v) is 6.39. The lowest BCUT2D eigenvalue weighted by molar-refractivity contribution is 0.296. The first-order valence-electron chi connectivity index (χ1n) is 8.35. The Kier molecular flexibility index (Phi) is 6.51. The number of fused-ring (bicyclic) bond motifs is 1. The standard InChI is InChI=1S/C18H24N2OS2/c21-11-5-12-22-13-10-19-15-8-4-9-16-17(15)23-18(20-16)14-6-2-1-3-7-14/h1-3,6-7,15,19,21H,4-5,8-13H2. The molecule has 1 atom stereocenters. The summed E-state index contributed by atoms with van der Waals surface area (Å²) in [5.74, 6) is 2.16. The molecule has 2 aromatic rings. The summed E-state index contributed by atoms with van der Waals surface area (Å²) >= 11 is 3.77. The number of benzene rings is 1. The molecule has 0 spiro atoms. The summed E-state index contributed by atoms with van der Waals surface area (Å²) in [6.07, 6.45) is 4.45. The molecule has 23 heavy (non-hydrogen) atoms. The molecule has 1 aromatic carbocycles. The molecule has 124 valence electrons. The van der Waals surface area contributed by atoms with Gasteiger partial charge in [0.25, 0.3) is 0 Å². The summed E-state index contributed by atoms with van der Waals surface area (Å²) < 4.78 is 0. The van der Waals surface area contributed by atoms with Crippen LogP contribution in [-0.2, 0) is 6.42 Å². The van der Waals surface area contributed by atoms with E-state index in [0.29, 0.717) is 12.6 Å². The lowest BCUT2D eigenvalue weighted by Gasteiger charge is -2.22. The maximum Gasteiger partial charge on any atom is 0.123 e. The van der Waals surface area contributed by atoms with Crippen molar-refractivity contribution < 1.29 is 5.11 Å². The molecular weight excluding hydrogens is 324 g/mol. The van der Waals surface area contributed by atoms with Gasteiger partial charge in [0, 0.05) is 35.4 Å². The van der Waals surface area contributed by atoms with E-state index in [1.54, 1.807) is 0 Å². The highest BCUT2D eigenvalue weighted by Gasteiger charge is 2.24. The van der Waals surface area contributed by atoms with Crippen LogP contribution in [0.2, 0.25) is 0 Å². The predicted molar refractivity (Wildman–Crippen MR) is 100 cm³/mol. The molecule has 1 heterocycles. The van der Waals surface area contributed by atoms with Crippen molar-refractivity contribution in [2.45, 2.75) is 31.7 Å². The first-order chi connectivity index (χ1) is 11.4. The van der Waals surface area contributed by atoms with Crippen molar-refractivity contribution >= 4 is 23.1 Å². The molecule has 2 N–H and O–H groups in total. The molecule has 1 unspecified atom stereocenters. The van der Waals surface area contributed by atoms with Crippen LogP contribution in [-0.4, -0.2) is 34.7 Å². The first kappa shape index (κ1) is 17.0. The monoisotopic (exact) mass is 348 g/mol. The first-order valence-corrected chi connectivity index (χ1v) is 10.3. The number of aliphatic hydroxyl groups is 1. The molecule has 0 radical (unpaired) electrons. The normalized spacial score (nSPS) is 17.2. The fourth-order valence-corrected chi connectivity index (χ4v) is 4.92.